The molecule has 0 spiro atoms. The van der Waals surface area contributed by atoms with Crippen LogP contribution in [0.1, 0.15) is 70.3 Å². The quantitative estimate of drug-likeness (QED) is 0.379. The maximum Gasteiger partial charge on any atom is 0.240 e. The third-order valence-corrected chi connectivity index (χ3v) is 3.34. The summed E-state index contributed by atoms with van der Waals surface area (Å²) in [5.41, 5.74) is 3.43. The maximum atomic E-state index is 11.6. The van der Waals surface area contributed by atoms with Gasteiger partial charge in [0.1, 0.15) is 0 Å². The van der Waals surface area contributed by atoms with E-state index in [9.17, 15) is 4.79 Å². The summed E-state index contributed by atoms with van der Waals surface area (Å²) >= 11 is 0. The summed E-state index contributed by atoms with van der Waals surface area (Å²) in [6.45, 7) is 2.23. The molecule has 1 rings (SSSR count). The largest absolute Gasteiger partial charge is 0.273 e. The second-order valence-corrected chi connectivity index (χ2v) is 5.30. The Morgan fingerprint density at radius 3 is 2.57 bits per heavy atom. The van der Waals surface area contributed by atoms with Crippen LogP contribution in [0.4, 0.5) is 0 Å². The zero-order chi connectivity index (χ0) is 15.2. The predicted octanol–water partition coefficient (Wildman–Crippen LogP) is 4.06. The fraction of sp³-hybridized carbons (Fsp3) is 0.588. The van der Waals surface area contributed by atoms with Gasteiger partial charge in [-0.2, -0.15) is 5.10 Å². The molecule has 1 aromatic heterocycles. The van der Waals surface area contributed by atoms with Gasteiger partial charge >= 0.3 is 0 Å². The van der Waals surface area contributed by atoms with Crippen LogP contribution in [0.5, 0.6) is 0 Å². The van der Waals surface area contributed by atoms with Crippen molar-refractivity contribution in [3.05, 3.63) is 30.1 Å². The van der Waals surface area contributed by atoms with E-state index < -0.39 is 0 Å². The van der Waals surface area contributed by atoms with Gasteiger partial charge in [0.2, 0.25) is 5.91 Å². The van der Waals surface area contributed by atoms with Crippen LogP contribution in [0.3, 0.4) is 0 Å². The first-order chi connectivity index (χ1) is 10.3. The van der Waals surface area contributed by atoms with Crippen LogP contribution >= 0.6 is 0 Å². The molecule has 0 bridgehead atoms. The number of hydrogen-bond acceptors (Lipinski definition) is 3. The van der Waals surface area contributed by atoms with E-state index in [4.69, 9.17) is 0 Å². The lowest BCUT2D eigenvalue weighted by Crippen LogP contribution is -2.16. The van der Waals surface area contributed by atoms with Gasteiger partial charge in [0, 0.05) is 24.4 Å². The molecule has 0 saturated heterocycles. The van der Waals surface area contributed by atoms with Crippen LogP contribution < -0.4 is 5.43 Å². The third kappa shape index (κ3) is 9.77. The van der Waals surface area contributed by atoms with Crippen LogP contribution in [-0.2, 0) is 4.79 Å². The molecule has 0 radical (unpaired) electrons. The molecule has 1 aromatic rings. The van der Waals surface area contributed by atoms with Gasteiger partial charge in [0.25, 0.3) is 0 Å². The number of aromatic nitrogens is 1. The smallest absolute Gasteiger partial charge is 0.240 e. The summed E-state index contributed by atoms with van der Waals surface area (Å²) < 4.78 is 0. The van der Waals surface area contributed by atoms with Crippen molar-refractivity contribution in [3.63, 3.8) is 0 Å². The second-order valence-electron chi connectivity index (χ2n) is 5.30. The van der Waals surface area contributed by atoms with Gasteiger partial charge in [-0.3, -0.25) is 9.78 Å². The van der Waals surface area contributed by atoms with Crippen molar-refractivity contribution >= 4 is 12.1 Å². The number of amides is 1. The molecule has 0 aliphatic carbocycles. The minimum Gasteiger partial charge on any atom is -0.273 e. The zero-order valence-electron chi connectivity index (χ0n) is 13.1. The molecule has 4 nitrogen and oxygen atoms in total. The van der Waals surface area contributed by atoms with Crippen molar-refractivity contribution in [1.82, 2.24) is 10.4 Å². The highest BCUT2D eigenvalue weighted by Crippen LogP contribution is 2.09. The Kier molecular flexibility index (Phi) is 9.96. The number of hydrazone groups is 1. The molecule has 0 aromatic carbocycles. The number of carbonyl (C=O) groups is 1. The molecule has 0 fully saturated rings. The molecule has 0 atom stereocenters. The Bertz CT molecular complexity index is 404. The first kappa shape index (κ1) is 17.3. The molecule has 1 amide bonds. The first-order valence-electron chi connectivity index (χ1n) is 8.05. The summed E-state index contributed by atoms with van der Waals surface area (Å²) in [5, 5.41) is 3.93. The van der Waals surface area contributed by atoms with E-state index >= 15 is 0 Å². The highest BCUT2D eigenvalue weighted by molar-refractivity contribution is 5.81. The molecule has 1 N–H and O–H groups in total. The molecule has 1 heterocycles. The Hall–Kier alpha value is -1.71. The van der Waals surface area contributed by atoms with Gasteiger partial charge in [0.05, 0.1) is 6.21 Å². The van der Waals surface area contributed by atoms with E-state index in [1.165, 1.54) is 38.5 Å². The summed E-state index contributed by atoms with van der Waals surface area (Å²) in [4.78, 5) is 15.5. The second kappa shape index (κ2) is 12.1. The van der Waals surface area contributed by atoms with Gasteiger partial charge in [-0.25, -0.2) is 5.43 Å². The highest BCUT2D eigenvalue weighted by Gasteiger charge is 1.99. The van der Waals surface area contributed by atoms with E-state index in [1.54, 1.807) is 18.6 Å². The number of carbonyl (C=O) groups excluding carboxylic acids is 1. The summed E-state index contributed by atoms with van der Waals surface area (Å²) in [5.74, 6) is -0.0128. The van der Waals surface area contributed by atoms with E-state index in [1.807, 2.05) is 12.1 Å². The van der Waals surface area contributed by atoms with E-state index in [2.05, 4.69) is 22.4 Å². The molecule has 4 heteroatoms. The van der Waals surface area contributed by atoms with Gasteiger partial charge in [-0.15, -0.1) is 0 Å². The molecule has 116 valence electrons. The van der Waals surface area contributed by atoms with E-state index in [-0.39, 0.29) is 5.91 Å². The summed E-state index contributed by atoms with van der Waals surface area (Å²) in [6, 6.07) is 3.73. The van der Waals surface area contributed by atoms with Crippen molar-refractivity contribution in [3.8, 4) is 0 Å². The fourth-order valence-corrected chi connectivity index (χ4v) is 2.11. The Balaban J connectivity index is 1.98. The SMILES string of the molecule is CCCCCCCCCCC(=O)NN=Cc1cccnc1. The molecule has 21 heavy (non-hydrogen) atoms. The Labute approximate surface area is 128 Å². The number of nitrogens with one attached hydrogen (secondary N) is 1. The van der Waals surface area contributed by atoms with E-state index in [0.717, 1.165) is 18.4 Å². The minimum absolute atomic E-state index is 0.0128. The lowest BCUT2D eigenvalue weighted by molar-refractivity contribution is -0.121. The fourth-order valence-electron chi connectivity index (χ4n) is 2.11. The average molecular weight is 289 g/mol. The Morgan fingerprint density at radius 2 is 1.90 bits per heavy atom. The van der Waals surface area contributed by atoms with E-state index in [0.29, 0.717) is 6.42 Å². The standard InChI is InChI=1S/C17H27N3O/c1-2-3-4-5-6-7-8-9-12-17(21)20-19-15-16-11-10-13-18-14-16/h10-11,13-15H,2-9,12H2,1H3,(H,20,21). The highest BCUT2D eigenvalue weighted by atomic mass is 16.2. The first-order valence-corrected chi connectivity index (χ1v) is 8.05. The van der Waals surface area contributed by atoms with Crippen LogP contribution in [-0.4, -0.2) is 17.1 Å². The van der Waals surface area contributed by atoms with Gasteiger partial charge in [0.15, 0.2) is 0 Å². The molecular formula is C17H27N3O. The predicted molar refractivity (Wildman–Crippen MR) is 87.2 cm³/mol. The Morgan fingerprint density at radius 1 is 1.19 bits per heavy atom. The lowest BCUT2D eigenvalue weighted by Gasteiger charge is -2.01. The van der Waals surface area contributed by atoms with Gasteiger partial charge in [-0.1, -0.05) is 57.9 Å². The number of hydrogen-bond donors (Lipinski definition) is 1. The maximum absolute atomic E-state index is 11.6. The normalized spacial score (nSPS) is 10.9. The van der Waals surface area contributed by atoms with Gasteiger partial charge < -0.3 is 0 Å². The van der Waals surface area contributed by atoms with Crippen molar-refractivity contribution < 1.29 is 4.79 Å². The molecule has 0 saturated carbocycles. The summed E-state index contributed by atoms with van der Waals surface area (Å²) in [6.07, 6.45) is 15.5. The third-order valence-electron chi connectivity index (χ3n) is 3.34. The number of unbranched alkanes of at least 4 members (excludes halogenated alkanes) is 7. The topological polar surface area (TPSA) is 54.4 Å². The van der Waals surface area contributed by atoms with Crippen molar-refractivity contribution in [2.24, 2.45) is 5.10 Å². The monoisotopic (exact) mass is 289 g/mol. The van der Waals surface area contributed by atoms with Crippen LogP contribution in [0.15, 0.2) is 29.6 Å². The van der Waals surface area contributed by atoms with Crippen LogP contribution in [0.2, 0.25) is 0 Å². The summed E-state index contributed by atoms with van der Waals surface area (Å²) in [7, 11) is 0. The molecule has 0 aliphatic heterocycles. The number of pyridine rings is 1. The molecule has 0 unspecified atom stereocenters. The van der Waals surface area contributed by atoms with Crippen LogP contribution in [0.25, 0.3) is 0 Å². The molecular weight excluding hydrogens is 262 g/mol. The van der Waals surface area contributed by atoms with Gasteiger partial charge in [-0.05, 0) is 12.5 Å². The minimum atomic E-state index is -0.0128. The number of nitrogens with zero attached hydrogens (tertiary/aromatic N) is 2. The zero-order valence-corrected chi connectivity index (χ0v) is 13.1. The average Bonchev–Trinajstić information content (AvgIpc) is 2.51. The van der Waals surface area contributed by atoms with Crippen molar-refractivity contribution in [2.45, 2.75) is 64.7 Å². The molecule has 0 aliphatic rings. The van der Waals surface area contributed by atoms with Crippen molar-refractivity contribution in [1.29, 1.82) is 0 Å². The number of rotatable bonds is 11. The lowest BCUT2D eigenvalue weighted by atomic mass is 10.1. The van der Waals surface area contributed by atoms with Crippen LogP contribution in [0, 0.1) is 0 Å². The van der Waals surface area contributed by atoms with Crippen molar-refractivity contribution in [2.75, 3.05) is 0 Å².